The van der Waals surface area contributed by atoms with Gasteiger partial charge in [0.25, 0.3) is 0 Å². The molecule has 0 atom stereocenters. The summed E-state index contributed by atoms with van der Waals surface area (Å²) in [7, 11) is 0. The SMILES string of the molecule is Cc1ccc2c(c1)nc(N)c1ncc(CCc3ccc(OCCC(=O)O)cc3C)cc12. The van der Waals surface area contributed by atoms with Gasteiger partial charge in [-0.25, -0.2) is 4.98 Å². The number of benzene rings is 2. The Morgan fingerprint density at radius 2 is 1.90 bits per heavy atom. The Morgan fingerprint density at radius 1 is 1.06 bits per heavy atom. The number of aromatic nitrogens is 2. The van der Waals surface area contributed by atoms with Gasteiger partial charge in [-0.2, -0.15) is 0 Å². The van der Waals surface area contributed by atoms with Crippen LogP contribution in [0.15, 0.2) is 48.7 Å². The van der Waals surface area contributed by atoms with Crippen LogP contribution in [0.4, 0.5) is 5.82 Å². The predicted octanol–water partition coefficient (Wildman–Crippen LogP) is 4.62. The molecule has 0 amide bonds. The number of pyridine rings is 2. The molecule has 0 aliphatic heterocycles. The lowest BCUT2D eigenvalue weighted by Crippen LogP contribution is -2.05. The van der Waals surface area contributed by atoms with E-state index in [4.69, 9.17) is 15.6 Å². The number of rotatable bonds is 7. The number of nitrogen functional groups attached to an aromatic ring is 1. The zero-order valence-corrected chi connectivity index (χ0v) is 17.7. The zero-order chi connectivity index (χ0) is 22.0. The molecule has 0 spiro atoms. The Balaban J connectivity index is 1.54. The second kappa shape index (κ2) is 8.60. The topological polar surface area (TPSA) is 98.3 Å². The van der Waals surface area contributed by atoms with Crippen molar-refractivity contribution in [3.05, 3.63) is 70.9 Å². The third kappa shape index (κ3) is 4.58. The smallest absolute Gasteiger partial charge is 0.306 e. The second-order valence-electron chi connectivity index (χ2n) is 7.84. The number of hydrogen-bond acceptors (Lipinski definition) is 5. The van der Waals surface area contributed by atoms with E-state index < -0.39 is 5.97 Å². The number of ether oxygens (including phenoxy) is 1. The molecule has 6 nitrogen and oxygen atoms in total. The highest BCUT2D eigenvalue weighted by molar-refractivity contribution is 6.08. The molecule has 0 fully saturated rings. The minimum Gasteiger partial charge on any atom is -0.493 e. The van der Waals surface area contributed by atoms with Gasteiger partial charge in [-0.1, -0.05) is 18.2 Å². The number of hydrogen-bond donors (Lipinski definition) is 2. The fraction of sp³-hybridized carbons (Fsp3) is 0.240. The Kier molecular flexibility index (Phi) is 5.71. The minimum absolute atomic E-state index is 0.00987. The van der Waals surface area contributed by atoms with Crippen molar-refractivity contribution in [2.75, 3.05) is 12.3 Å². The van der Waals surface area contributed by atoms with Gasteiger partial charge in [0.05, 0.1) is 18.5 Å². The predicted molar refractivity (Wildman–Crippen MR) is 123 cm³/mol. The number of carboxylic acid groups (broad SMARTS) is 1. The molecule has 31 heavy (non-hydrogen) atoms. The third-order valence-corrected chi connectivity index (χ3v) is 5.45. The average molecular weight is 415 g/mol. The number of nitrogens with two attached hydrogens (primary N) is 1. The molecule has 0 radical (unpaired) electrons. The Morgan fingerprint density at radius 3 is 2.68 bits per heavy atom. The maximum absolute atomic E-state index is 10.6. The van der Waals surface area contributed by atoms with Gasteiger partial charge in [0.1, 0.15) is 11.3 Å². The summed E-state index contributed by atoms with van der Waals surface area (Å²) in [6, 6.07) is 14.3. The van der Waals surface area contributed by atoms with Gasteiger partial charge in [0, 0.05) is 17.0 Å². The molecule has 2 aromatic carbocycles. The summed E-state index contributed by atoms with van der Waals surface area (Å²) < 4.78 is 5.52. The van der Waals surface area contributed by atoms with E-state index in [0.29, 0.717) is 11.6 Å². The highest BCUT2D eigenvalue weighted by Crippen LogP contribution is 2.28. The van der Waals surface area contributed by atoms with E-state index in [1.54, 1.807) is 0 Å². The quantitative estimate of drug-likeness (QED) is 0.427. The fourth-order valence-corrected chi connectivity index (χ4v) is 3.77. The van der Waals surface area contributed by atoms with Gasteiger partial charge in [-0.15, -0.1) is 0 Å². The maximum Gasteiger partial charge on any atom is 0.306 e. The lowest BCUT2D eigenvalue weighted by Gasteiger charge is -2.11. The highest BCUT2D eigenvalue weighted by Gasteiger charge is 2.10. The van der Waals surface area contributed by atoms with Crippen LogP contribution in [0.1, 0.15) is 28.7 Å². The van der Waals surface area contributed by atoms with E-state index in [0.717, 1.165) is 51.3 Å². The molecule has 4 aromatic rings. The summed E-state index contributed by atoms with van der Waals surface area (Å²) in [5.74, 6) is 0.284. The second-order valence-corrected chi connectivity index (χ2v) is 7.84. The number of carbonyl (C=O) groups is 1. The number of aryl methyl sites for hydroxylation is 4. The van der Waals surface area contributed by atoms with Gasteiger partial charge >= 0.3 is 5.97 Å². The third-order valence-electron chi connectivity index (χ3n) is 5.45. The Bertz CT molecular complexity index is 1280. The summed E-state index contributed by atoms with van der Waals surface area (Å²) in [4.78, 5) is 19.7. The number of aliphatic carboxylic acids is 1. The van der Waals surface area contributed by atoms with E-state index in [-0.39, 0.29) is 13.0 Å². The largest absolute Gasteiger partial charge is 0.493 e. The minimum atomic E-state index is -0.863. The normalized spacial score (nSPS) is 11.2. The van der Waals surface area contributed by atoms with Crippen LogP contribution in [-0.4, -0.2) is 27.7 Å². The Hall–Kier alpha value is -3.67. The molecule has 2 aromatic heterocycles. The van der Waals surface area contributed by atoms with Crippen molar-refractivity contribution in [1.29, 1.82) is 0 Å². The monoisotopic (exact) mass is 415 g/mol. The molecule has 0 aliphatic carbocycles. The molecule has 0 bridgehead atoms. The molecular formula is C25H25N3O3. The molecule has 4 rings (SSSR count). The molecule has 3 N–H and O–H groups in total. The van der Waals surface area contributed by atoms with Gasteiger partial charge in [-0.05, 0) is 73.2 Å². The first-order valence-corrected chi connectivity index (χ1v) is 10.3. The molecule has 0 saturated heterocycles. The summed E-state index contributed by atoms with van der Waals surface area (Å²) >= 11 is 0. The Labute approximate surface area is 180 Å². The van der Waals surface area contributed by atoms with E-state index in [9.17, 15) is 4.79 Å². The molecule has 0 unspecified atom stereocenters. The number of carboxylic acids is 1. The van der Waals surface area contributed by atoms with E-state index in [1.807, 2.05) is 44.3 Å². The standard InChI is InChI=1S/C25H25N3O3/c1-15-3-8-20-21-13-17(14-27-24(21)25(26)28-22(20)11-15)4-5-18-6-7-19(12-16(18)2)31-10-9-23(29)30/h3,6-8,11-14H,4-5,9-10H2,1-2H3,(H2,26,28)(H,29,30). The summed E-state index contributed by atoms with van der Waals surface area (Å²) in [6.45, 7) is 4.25. The first-order valence-electron chi connectivity index (χ1n) is 10.3. The summed E-state index contributed by atoms with van der Waals surface area (Å²) in [6.07, 6.45) is 3.58. The van der Waals surface area contributed by atoms with Gasteiger partial charge in [-0.3, -0.25) is 9.78 Å². The molecule has 0 aliphatic rings. The van der Waals surface area contributed by atoms with Crippen molar-refractivity contribution in [2.45, 2.75) is 33.1 Å². The molecular weight excluding hydrogens is 390 g/mol. The van der Waals surface area contributed by atoms with Crippen LogP contribution in [0.5, 0.6) is 5.75 Å². The summed E-state index contributed by atoms with van der Waals surface area (Å²) in [5.41, 5.74) is 12.4. The van der Waals surface area contributed by atoms with E-state index in [1.165, 1.54) is 5.56 Å². The highest BCUT2D eigenvalue weighted by atomic mass is 16.5. The first kappa shape index (κ1) is 20.6. The van der Waals surface area contributed by atoms with Crippen LogP contribution in [0.2, 0.25) is 0 Å². The zero-order valence-electron chi connectivity index (χ0n) is 17.7. The lowest BCUT2D eigenvalue weighted by atomic mass is 9.99. The van der Waals surface area contributed by atoms with Crippen LogP contribution in [0.3, 0.4) is 0 Å². The number of nitrogens with zero attached hydrogens (tertiary/aromatic N) is 2. The van der Waals surface area contributed by atoms with Gasteiger partial charge in [0.15, 0.2) is 5.82 Å². The summed E-state index contributed by atoms with van der Waals surface area (Å²) in [5, 5.41) is 10.8. The van der Waals surface area contributed by atoms with Crippen LogP contribution < -0.4 is 10.5 Å². The van der Waals surface area contributed by atoms with Crippen LogP contribution in [0, 0.1) is 13.8 Å². The van der Waals surface area contributed by atoms with Crippen molar-refractivity contribution >= 4 is 33.6 Å². The van der Waals surface area contributed by atoms with Gasteiger partial charge < -0.3 is 15.6 Å². The average Bonchev–Trinajstić information content (AvgIpc) is 2.72. The first-order chi connectivity index (χ1) is 14.9. The molecule has 6 heteroatoms. The van der Waals surface area contributed by atoms with Crippen molar-refractivity contribution in [2.24, 2.45) is 0 Å². The number of fused-ring (bicyclic) bond motifs is 3. The van der Waals surface area contributed by atoms with Crippen molar-refractivity contribution in [1.82, 2.24) is 9.97 Å². The fourth-order valence-electron chi connectivity index (χ4n) is 3.77. The van der Waals surface area contributed by atoms with E-state index in [2.05, 4.69) is 28.2 Å². The van der Waals surface area contributed by atoms with Crippen LogP contribution in [0.25, 0.3) is 21.8 Å². The van der Waals surface area contributed by atoms with E-state index >= 15 is 0 Å². The van der Waals surface area contributed by atoms with Crippen molar-refractivity contribution < 1.29 is 14.6 Å². The lowest BCUT2D eigenvalue weighted by molar-refractivity contribution is -0.137. The van der Waals surface area contributed by atoms with Crippen molar-refractivity contribution in [3.8, 4) is 5.75 Å². The maximum atomic E-state index is 10.6. The van der Waals surface area contributed by atoms with Crippen LogP contribution >= 0.6 is 0 Å². The molecule has 158 valence electrons. The molecule has 2 heterocycles. The van der Waals surface area contributed by atoms with Crippen LogP contribution in [-0.2, 0) is 17.6 Å². The van der Waals surface area contributed by atoms with Crippen molar-refractivity contribution in [3.63, 3.8) is 0 Å². The van der Waals surface area contributed by atoms with Gasteiger partial charge in [0.2, 0.25) is 0 Å². The number of anilines is 1. The molecule has 0 saturated carbocycles.